The Balaban J connectivity index is 1.74. The Hall–Kier alpha value is -1.39. The van der Waals surface area contributed by atoms with E-state index in [4.69, 9.17) is 4.74 Å². The molecule has 1 aromatic rings. The van der Waals surface area contributed by atoms with Gasteiger partial charge in [0.25, 0.3) is 0 Å². The molecule has 2 saturated heterocycles. The Morgan fingerprint density at radius 3 is 2.62 bits per heavy atom. The van der Waals surface area contributed by atoms with Crippen LogP contribution >= 0.6 is 0 Å². The monoisotopic (exact) mass is 331 g/mol. The zero-order chi connectivity index (χ0) is 17.3. The molecule has 0 spiro atoms. The van der Waals surface area contributed by atoms with Crippen molar-refractivity contribution < 1.29 is 14.6 Å². The van der Waals surface area contributed by atoms with Crippen LogP contribution in [0.25, 0.3) is 0 Å². The number of rotatable bonds is 3. The second-order valence-corrected chi connectivity index (χ2v) is 7.45. The number of nitrogens with zero attached hydrogens (tertiary/aromatic N) is 1. The zero-order valence-corrected chi connectivity index (χ0v) is 15.0. The van der Waals surface area contributed by atoms with Crippen molar-refractivity contribution >= 4 is 5.91 Å². The van der Waals surface area contributed by atoms with Crippen molar-refractivity contribution in [3.05, 3.63) is 34.4 Å². The van der Waals surface area contributed by atoms with Crippen molar-refractivity contribution in [1.82, 2.24) is 4.90 Å². The largest absolute Gasteiger partial charge is 0.393 e. The van der Waals surface area contributed by atoms with Gasteiger partial charge in [-0.05, 0) is 56.7 Å². The topological polar surface area (TPSA) is 49.8 Å². The summed E-state index contributed by atoms with van der Waals surface area (Å²) in [6.45, 7) is 8.26. The Labute approximate surface area is 144 Å². The minimum Gasteiger partial charge on any atom is -0.393 e. The van der Waals surface area contributed by atoms with Gasteiger partial charge in [0.15, 0.2) is 0 Å². The van der Waals surface area contributed by atoms with Gasteiger partial charge >= 0.3 is 0 Å². The molecule has 1 amide bonds. The molecule has 1 N–H and O–H groups in total. The average Bonchev–Trinajstić information content (AvgIpc) is 3.00. The van der Waals surface area contributed by atoms with Gasteiger partial charge in [-0.2, -0.15) is 0 Å². The molecule has 4 heteroatoms. The SMILES string of the molecule is Cc1cc(C)c(CC(=O)N2CCCC2C2COCCC2O)c(C)c1. The molecule has 1 aromatic carbocycles. The van der Waals surface area contributed by atoms with E-state index in [1.54, 1.807) is 0 Å². The lowest BCUT2D eigenvalue weighted by atomic mass is 9.89. The number of aliphatic hydroxyl groups excluding tert-OH is 1. The number of hydrogen-bond donors (Lipinski definition) is 1. The smallest absolute Gasteiger partial charge is 0.227 e. The zero-order valence-electron chi connectivity index (χ0n) is 15.0. The third kappa shape index (κ3) is 3.50. The fourth-order valence-corrected chi connectivity index (χ4v) is 4.40. The van der Waals surface area contributed by atoms with Gasteiger partial charge in [-0.25, -0.2) is 0 Å². The predicted octanol–water partition coefficient (Wildman–Crippen LogP) is 2.54. The lowest BCUT2D eigenvalue weighted by Gasteiger charge is -2.37. The highest BCUT2D eigenvalue weighted by molar-refractivity contribution is 5.80. The number of aliphatic hydroxyl groups is 1. The molecule has 0 aromatic heterocycles. The lowest BCUT2D eigenvalue weighted by Crippen LogP contribution is -2.48. The van der Waals surface area contributed by atoms with Crippen LogP contribution in [0.15, 0.2) is 12.1 Å². The predicted molar refractivity (Wildman–Crippen MR) is 94.0 cm³/mol. The van der Waals surface area contributed by atoms with Crippen LogP contribution in [-0.4, -0.2) is 47.8 Å². The Bertz CT molecular complexity index is 590. The summed E-state index contributed by atoms with van der Waals surface area (Å²) < 4.78 is 5.56. The number of ether oxygens (including phenoxy) is 1. The molecular weight excluding hydrogens is 302 g/mol. The maximum atomic E-state index is 13.0. The number of hydrogen-bond acceptors (Lipinski definition) is 3. The van der Waals surface area contributed by atoms with Gasteiger partial charge in [-0.3, -0.25) is 4.79 Å². The molecule has 2 aliphatic rings. The molecule has 2 heterocycles. The lowest BCUT2D eigenvalue weighted by molar-refractivity contribution is -0.135. The van der Waals surface area contributed by atoms with Crippen molar-refractivity contribution in [1.29, 1.82) is 0 Å². The van der Waals surface area contributed by atoms with E-state index in [1.165, 1.54) is 16.7 Å². The van der Waals surface area contributed by atoms with Crippen LogP contribution in [0.4, 0.5) is 0 Å². The molecule has 2 fully saturated rings. The summed E-state index contributed by atoms with van der Waals surface area (Å²) in [4.78, 5) is 15.0. The van der Waals surface area contributed by atoms with Crippen molar-refractivity contribution in [2.24, 2.45) is 5.92 Å². The highest BCUT2D eigenvalue weighted by Gasteiger charge is 2.39. The van der Waals surface area contributed by atoms with E-state index in [0.717, 1.165) is 24.9 Å². The Morgan fingerprint density at radius 1 is 1.25 bits per heavy atom. The molecule has 0 radical (unpaired) electrons. The van der Waals surface area contributed by atoms with Gasteiger partial charge in [0.05, 0.1) is 19.1 Å². The van der Waals surface area contributed by atoms with E-state index < -0.39 is 0 Å². The standard InChI is InChI=1S/C20H29NO3/c1-13-9-14(2)16(15(3)10-13)11-20(23)21-7-4-5-18(21)17-12-24-8-6-19(17)22/h9-10,17-19,22H,4-8,11-12H2,1-3H3. The number of likely N-dealkylation sites (tertiary alicyclic amines) is 1. The van der Waals surface area contributed by atoms with Crippen molar-refractivity contribution in [3.8, 4) is 0 Å². The maximum absolute atomic E-state index is 13.0. The minimum absolute atomic E-state index is 0.0606. The summed E-state index contributed by atoms with van der Waals surface area (Å²) in [7, 11) is 0. The first-order valence-electron chi connectivity index (χ1n) is 9.09. The average molecular weight is 331 g/mol. The third-order valence-corrected chi connectivity index (χ3v) is 5.64. The quantitative estimate of drug-likeness (QED) is 0.926. The van der Waals surface area contributed by atoms with Gasteiger partial charge in [-0.1, -0.05) is 17.7 Å². The van der Waals surface area contributed by atoms with E-state index in [9.17, 15) is 9.90 Å². The van der Waals surface area contributed by atoms with Crippen molar-refractivity contribution in [2.45, 2.75) is 58.6 Å². The molecule has 2 aliphatic heterocycles. The molecule has 3 rings (SSSR count). The van der Waals surface area contributed by atoms with E-state index >= 15 is 0 Å². The minimum atomic E-state index is -0.347. The number of carbonyl (C=O) groups excluding carboxylic acids is 1. The number of amides is 1. The maximum Gasteiger partial charge on any atom is 0.227 e. The van der Waals surface area contributed by atoms with E-state index in [-0.39, 0.29) is 24.0 Å². The van der Waals surface area contributed by atoms with Crippen LogP contribution < -0.4 is 0 Å². The molecule has 3 atom stereocenters. The van der Waals surface area contributed by atoms with E-state index in [2.05, 4.69) is 32.9 Å². The van der Waals surface area contributed by atoms with Gasteiger partial charge in [0.1, 0.15) is 0 Å². The summed E-state index contributed by atoms with van der Waals surface area (Å²) in [5.74, 6) is 0.246. The highest BCUT2D eigenvalue weighted by Crippen LogP contribution is 2.30. The second-order valence-electron chi connectivity index (χ2n) is 7.45. The Morgan fingerprint density at radius 2 is 1.96 bits per heavy atom. The van der Waals surface area contributed by atoms with E-state index in [1.807, 2.05) is 4.90 Å². The second kappa shape index (κ2) is 7.24. The number of carbonyl (C=O) groups is 1. The number of benzene rings is 1. The first-order valence-corrected chi connectivity index (χ1v) is 9.09. The summed E-state index contributed by atoms with van der Waals surface area (Å²) in [6, 6.07) is 4.42. The number of aryl methyl sites for hydroxylation is 3. The van der Waals surface area contributed by atoms with Gasteiger partial charge in [0.2, 0.25) is 5.91 Å². The van der Waals surface area contributed by atoms with Gasteiger partial charge in [0, 0.05) is 25.1 Å². The van der Waals surface area contributed by atoms with Crippen LogP contribution in [0, 0.1) is 26.7 Å². The first kappa shape index (κ1) is 17.4. The first-order chi connectivity index (χ1) is 11.5. The van der Waals surface area contributed by atoms with Crippen LogP contribution in [-0.2, 0) is 16.0 Å². The fraction of sp³-hybridized carbons (Fsp3) is 0.650. The summed E-state index contributed by atoms with van der Waals surface area (Å²) in [5.41, 5.74) is 4.77. The normalized spacial score (nSPS) is 27.5. The molecule has 0 saturated carbocycles. The molecule has 0 bridgehead atoms. The molecule has 132 valence electrons. The van der Waals surface area contributed by atoms with Crippen molar-refractivity contribution in [2.75, 3.05) is 19.8 Å². The summed E-state index contributed by atoms with van der Waals surface area (Å²) in [6.07, 6.45) is 2.78. The van der Waals surface area contributed by atoms with Crippen LogP contribution in [0.3, 0.4) is 0 Å². The summed E-state index contributed by atoms with van der Waals surface area (Å²) >= 11 is 0. The van der Waals surface area contributed by atoms with Crippen LogP contribution in [0.2, 0.25) is 0 Å². The molecule has 3 unspecified atom stereocenters. The van der Waals surface area contributed by atoms with E-state index in [0.29, 0.717) is 26.1 Å². The Kier molecular flexibility index (Phi) is 5.26. The van der Waals surface area contributed by atoms with Crippen molar-refractivity contribution in [3.63, 3.8) is 0 Å². The van der Waals surface area contributed by atoms with Gasteiger partial charge < -0.3 is 14.7 Å². The molecule has 4 nitrogen and oxygen atoms in total. The van der Waals surface area contributed by atoms with Gasteiger partial charge in [-0.15, -0.1) is 0 Å². The fourth-order valence-electron chi connectivity index (χ4n) is 4.40. The molecule has 24 heavy (non-hydrogen) atoms. The summed E-state index contributed by atoms with van der Waals surface area (Å²) in [5, 5.41) is 10.3. The molecule has 0 aliphatic carbocycles. The molecular formula is C20H29NO3. The van der Waals surface area contributed by atoms with Crippen LogP contribution in [0.5, 0.6) is 0 Å². The highest BCUT2D eigenvalue weighted by atomic mass is 16.5. The van der Waals surface area contributed by atoms with Crippen LogP contribution in [0.1, 0.15) is 41.5 Å². The third-order valence-electron chi connectivity index (χ3n) is 5.64.